The molecule has 0 saturated carbocycles. The number of ketones is 1. The number of benzene rings is 1. The lowest BCUT2D eigenvalue weighted by atomic mass is 10.1. The third-order valence-corrected chi connectivity index (χ3v) is 2.43. The van der Waals surface area contributed by atoms with Gasteiger partial charge in [0.2, 0.25) is 0 Å². The molecule has 0 bridgehead atoms. The van der Waals surface area contributed by atoms with Crippen LogP contribution < -0.4 is 4.74 Å². The van der Waals surface area contributed by atoms with Gasteiger partial charge in [-0.2, -0.15) is 0 Å². The molecule has 0 spiro atoms. The van der Waals surface area contributed by atoms with E-state index in [1.165, 1.54) is 19.2 Å². The maximum Gasteiger partial charge on any atom is 0.377 e. The zero-order valence-corrected chi connectivity index (χ0v) is 10.1. The molecule has 1 N–H and O–H groups in total. The smallest absolute Gasteiger partial charge is 0.377 e. The molecule has 2 rings (SSSR count). The van der Waals surface area contributed by atoms with E-state index in [-0.39, 0.29) is 0 Å². The number of carbonyl (C=O) groups is 2. The SMILES string of the molecule is CC(=O)Oc1cccc2c(C(=O)C=[N+]=N)ccnc12. The standard InChI is InChI=1S/C13H10N3O3/c1-8(17)19-12-4-2-3-10-9(11(18)7-16-14)5-6-15-13(10)12/h2-7,14H,1H3/q+1. The van der Waals surface area contributed by atoms with Crippen LogP contribution in [0.1, 0.15) is 17.3 Å². The lowest BCUT2D eigenvalue weighted by Gasteiger charge is -2.06. The fourth-order valence-corrected chi connectivity index (χ4v) is 1.73. The largest absolute Gasteiger partial charge is 0.424 e. The van der Waals surface area contributed by atoms with Crippen LogP contribution in [0, 0.1) is 5.53 Å². The molecule has 94 valence electrons. The summed E-state index contributed by atoms with van der Waals surface area (Å²) in [5, 5.41) is 0.547. The van der Waals surface area contributed by atoms with Crippen molar-refractivity contribution < 1.29 is 19.1 Å². The summed E-state index contributed by atoms with van der Waals surface area (Å²) in [5.74, 6) is -0.566. The Morgan fingerprint density at radius 3 is 2.84 bits per heavy atom. The second kappa shape index (κ2) is 5.20. The van der Waals surface area contributed by atoms with E-state index in [0.29, 0.717) is 22.2 Å². The van der Waals surface area contributed by atoms with E-state index in [1.54, 1.807) is 18.2 Å². The minimum Gasteiger partial charge on any atom is -0.424 e. The quantitative estimate of drug-likeness (QED) is 0.225. The first-order valence-corrected chi connectivity index (χ1v) is 5.43. The second-order valence-corrected chi connectivity index (χ2v) is 3.73. The normalized spacial score (nSPS) is 9.74. The summed E-state index contributed by atoms with van der Waals surface area (Å²) in [7, 11) is 0. The highest BCUT2D eigenvalue weighted by Crippen LogP contribution is 2.26. The fraction of sp³-hybridized carbons (Fsp3) is 0.0769. The molecule has 0 radical (unpaired) electrons. The second-order valence-electron chi connectivity index (χ2n) is 3.73. The van der Waals surface area contributed by atoms with Crippen LogP contribution in [0.4, 0.5) is 0 Å². The molecule has 0 aliphatic carbocycles. The number of carbonyl (C=O) groups excluding carboxylic acids is 2. The summed E-state index contributed by atoms with van der Waals surface area (Å²) < 4.78 is 5.04. The van der Waals surface area contributed by atoms with Gasteiger partial charge in [-0.3, -0.25) is 14.6 Å². The van der Waals surface area contributed by atoms with Crippen molar-refractivity contribution in [1.82, 2.24) is 4.98 Å². The minimum atomic E-state index is -0.459. The zero-order valence-electron chi connectivity index (χ0n) is 10.1. The van der Waals surface area contributed by atoms with Crippen molar-refractivity contribution in [3.63, 3.8) is 0 Å². The number of aromatic nitrogens is 1. The fourth-order valence-electron chi connectivity index (χ4n) is 1.73. The van der Waals surface area contributed by atoms with Crippen LogP contribution in [-0.2, 0) is 4.79 Å². The van der Waals surface area contributed by atoms with E-state index < -0.39 is 11.8 Å². The van der Waals surface area contributed by atoms with Gasteiger partial charge in [-0.15, -0.1) is 0 Å². The number of para-hydroxylation sites is 1. The van der Waals surface area contributed by atoms with E-state index >= 15 is 0 Å². The topological polar surface area (TPSA) is 94.2 Å². The Kier molecular flexibility index (Phi) is 3.45. The van der Waals surface area contributed by atoms with E-state index in [4.69, 9.17) is 10.3 Å². The molecule has 0 fully saturated rings. The van der Waals surface area contributed by atoms with Crippen molar-refractivity contribution in [2.24, 2.45) is 0 Å². The van der Waals surface area contributed by atoms with Gasteiger partial charge in [0, 0.05) is 24.1 Å². The van der Waals surface area contributed by atoms with Crippen molar-refractivity contribution in [1.29, 1.82) is 5.53 Å². The number of esters is 1. The molecule has 0 atom stereocenters. The lowest BCUT2D eigenvalue weighted by Crippen LogP contribution is -2.05. The van der Waals surface area contributed by atoms with Gasteiger partial charge in [-0.1, -0.05) is 12.1 Å². The number of Topliss-reactive ketones (excluding diaryl/α,β-unsaturated/α-hetero) is 1. The molecule has 1 aromatic carbocycles. The van der Waals surface area contributed by atoms with Crippen LogP contribution in [0.15, 0.2) is 30.5 Å². The molecule has 0 aliphatic rings. The summed E-state index contributed by atoms with van der Waals surface area (Å²) in [4.78, 5) is 29.9. The van der Waals surface area contributed by atoms with Crippen LogP contribution in [0.25, 0.3) is 10.9 Å². The Balaban J connectivity index is 2.67. The molecule has 6 heteroatoms. The third kappa shape index (κ3) is 2.53. The number of rotatable bonds is 3. The highest BCUT2D eigenvalue weighted by atomic mass is 16.5. The van der Waals surface area contributed by atoms with E-state index in [0.717, 1.165) is 6.21 Å². The van der Waals surface area contributed by atoms with Crippen molar-refractivity contribution in [2.45, 2.75) is 6.92 Å². The molecule has 19 heavy (non-hydrogen) atoms. The van der Waals surface area contributed by atoms with Gasteiger partial charge in [0.05, 0.1) is 10.3 Å². The molecule has 0 unspecified atom stereocenters. The van der Waals surface area contributed by atoms with Crippen LogP contribution in [-0.4, -0.2) is 27.7 Å². The van der Waals surface area contributed by atoms with Crippen molar-refractivity contribution in [3.8, 4) is 5.75 Å². The van der Waals surface area contributed by atoms with E-state index in [1.807, 2.05) is 0 Å². The van der Waals surface area contributed by atoms with Crippen LogP contribution in [0.2, 0.25) is 0 Å². The summed E-state index contributed by atoms with van der Waals surface area (Å²) in [5.41, 5.74) is 7.46. The van der Waals surface area contributed by atoms with Crippen molar-refractivity contribution in [3.05, 3.63) is 36.0 Å². The number of fused-ring (bicyclic) bond motifs is 1. The summed E-state index contributed by atoms with van der Waals surface area (Å²) in [6, 6.07) is 6.49. The summed E-state index contributed by atoms with van der Waals surface area (Å²) >= 11 is 0. The number of pyridine rings is 1. The molecular weight excluding hydrogens is 246 g/mol. The van der Waals surface area contributed by atoms with Crippen LogP contribution in [0.5, 0.6) is 5.75 Å². The zero-order chi connectivity index (χ0) is 13.8. The first-order valence-electron chi connectivity index (χ1n) is 5.43. The van der Waals surface area contributed by atoms with Gasteiger partial charge < -0.3 is 4.74 Å². The highest BCUT2D eigenvalue weighted by molar-refractivity contribution is 6.36. The average molecular weight is 256 g/mol. The lowest BCUT2D eigenvalue weighted by molar-refractivity contribution is -0.131. The van der Waals surface area contributed by atoms with E-state index in [2.05, 4.69) is 9.77 Å². The van der Waals surface area contributed by atoms with Crippen molar-refractivity contribution >= 4 is 28.9 Å². The Bertz CT molecular complexity index is 718. The maximum absolute atomic E-state index is 11.8. The molecule has 2 aromatic rings. The monoisotopic (exact) mass is 256 g/mol. The Labute approximate surface area is 108 Å². The van der Waals surface area contributed by atoms with Gasteiger partial charge in [0.1, 0.15) is 5.52 Å². The molecule has 1 aromatic heterocycles. The van der Waals surface area contributed by atoms with Gasteiger partial charge >= 0.3 is 12.2 Å². The van der Waals surface area contributed by atoms with Crippen LogP contribution >= 0.6 is 0 Å². The Morgan fingerprint density at radius 1 is 1.37 bits per heavy atom. The molecule has 6 nitrogen and oxygen atoms in total. The van der Waals surface area contributed by atoms with Crippen molar-refractivity contribution in [2.75, 3.05) is 0 Å². The van der Waals surface area contributed by atoms with Gasteiger partial charge in [0.15, 0.2) is 5.75 Å². The number of hydrogen-bond acceptors (Lipinski definition) is 5. The molecule has 0 amide bonds. The number of nitrogens with zero attached hydrogens (tertiary/aromatic N) is 2. The number of ether oxygens (including phenoxy) is 1. The summed E-state index contributed by atoms with van der Waals surface area (Å²) in [6.45, 7) is 1.29. The van der Waals surface area contributed by atoms with Gasteiger partial charge in [0.25, 0.3) is 5.78 Å². The number of hydrogen-bond donors (Lipinski definition) is 1. The average Bonchev–Trinajstić information content (AvgIpc) is 2.38. The predicted molar refractivity (Wildman–Crippen MR) is 66.4 cm³/mol. The Hall–Kier alpha value is -2.85. The first kappa shape index (κ1) is 12.6. The number of nitrogens with one attached hydrogen (secondary N) is 1. The highest BCUT2D eigenvalue weighted by Gasteiger charge is 2.15. The first-order chi connectivity index (χ1) is 9.13. The Morgan fingerprint density at radius 2 is 2.16 bits per heavy atom. The van der Waals surface area contributed by atoms with Gasteiger partial charge in [-0.25, -0.2) is 0 Å². The van der Waals surface area contributed by atoms with E-state index in [9.17, 15) is 9.59 Å². The predicted octanol–water partition coefficient (Wildman–Crippen LogP) is 1.65. The molecule has 0 saturated heterocycles. The minimum absolute atomic E-state index is 0.294. The third-order valence-electron chi connectivity index (χ3n) is 2.43. The van der Waals surface area contributed by atoms with Gasteiger partial charge in [-0.05, 0) is 12.1 Å². The molecular formula is C13H10N3O3+. The maximum atomic E-state index is 11.8. The molecule has 1 heterocycles. The molecule has 0 aliphatic heterocycles. The van der Waals surface area contributed by atoms with Crippen LogP contribution in [0.3, 0.4) is 0 Å². The summed E-state index contributed by atoms with van der Waals surface area (Å²) in [6.07, 6.45) is 2.35.